The van der Waals surface area contributed by atoms with Crippen molar-refractivity contribution in [3.8, 4) is 0 Å². The molecule has 0 fully saturated rings. The van der Waals surface area contributed by atoms with Crippen molar-refractivity contribution in [2.75, 3.05) is 43.4 Å². The summed E-state index contributed by atoms with van der Waals surface area (Å²) in [5.74, 6) is -0.914. The lowest BCUT2D eigenvalue weighted by atomic mass is 9.80. The quantitative estimate of drug-likeness (QED) is 0.103. The monoisotopic (exact) mass is 613 g/mol. The lowest BCUT2D eigenvalue weighted by molar-refractivity contribution is -0.526. The molecule has 3 rings (SSSR count). The van der Waals surface area contributed by atoms with Crippen molar-refractivity contribution in [2.45, 2.75) is 65.7 Å². The number of anilines is 1. The van der Waals surface area contributed by atoms with Crippen LogP contribution >= 0.6 is 0 Å². The molecule has 2 aliphatic carbocycles. The fourth-order valence-corrected chi connectivity index (χ4v) is 5.63. The van der Waals surface area contributed by atoms with E-state index in [2.05, 4.69) is 18.7 Å². The Morgan fingerprint density at radius 1 is 0.884 bits per heavy atom. The van der Waals surface area contributed by atoms with Crippen LogP contribution < -0.4 is 4.90 Å². The number of nitrogens with zero attached hydrogens (tertiary/aromatic N) is 2. The first-order valence-corrected chi connectivity index (χ1v) is 16.9. The number of hydrogen-bond acceptors (Lipinski definition) is 7. The van der Waals surface area contributed by atoms with Crippen LogP contribution in [-0.4, -0.2) is 78.7 Å². The SMILES string of the molecule is CCCCN(CCCC)c1ccc(C2=C(O)C(=C3C=CC(=[N+](CCCC(=O)OCC)CCCS(=O)(=O)O)C=C3)C2=O)cc1. The van der Waals surface area contributed by atoms with E-state index in [4.69, 9.17) is 9.29 Å². The molecule has 0 bridgehead atoms. The van der Waals surface area contributed by atoms with Crippen molar-refractivity contribution in [1.29, 1.82) is 0 Å². The summed E-state index contributed by atoms with van der Waals surface area (Å²) in [6.45, 7) is 9.20. The van der Waals surface area contributed by atoms with Crippen LogP contribution in [0.15, 0.2) is 65.5 Å². The molecule has 0 spiro atoms. The number of carbonyl (C=O) groups excluding carboxylic acids is 2. The summed E-state index contributed by atoms with van der Waals surface area (Å²) in [6.07, 6.45) is 12.5. The van der Waals surface area contributed by atoms with E-state index in [0.29, 0.717) is 42.8 Å². The van der Waals surface area contributed by atoms with Gasteiger partial charge in [0.1, 0.15) is 18.8 Å². The van der Waals surface area contributed by atoms with Crippen LogP contribution in [0.5, 0.6) is 0 Å². The molecule has 0 heterocycles. The summed E-state index contributed by atoms with van der Waals surface area (Å²) in [5.41, 5.74) is 3.72. The van der Waals surface area contributed by atoms with E-state index < -0.39 is 10.1 Å². The second-order valence-electron chi connectivity index (χ2n) is 10.8. The first-order chi connectivity index (χ1) is 20.6. The number of benzene rings is 1. The van der Waals surface area contributed by atoms with E-state index in [1.807, 2.05) is 28.8 Å². The topological polar surface area (TPSA) is 124 Å². The van der Waals surface area contributed by atoms with Gasteiger partial charge in [-0.2, -0.15) is 8.42 Å². The third kappa shape index (κ3) is 9.76. The molecule has 10 heteroatoms. The fraction of sp³-hybridized carbons (Fsp3) is 0.485. The second kappa shape index (κ2) is 16.4. The zero-order valence-electron chi connectivity index (χ0n) is 25.5. The fourth-order valence-electron chi connectivity index (χ4n) is 5.14. The van der Waals surface area contributed by atoms with Gasteiger partial charge in [0.15, 0.2) is 5.71 Å². The van der Waals surface area contributed by atoms with Crippen molar-refractivity contribution in [1.82, 2.24) is 0 Å². The molecule has 1 aromatic carbocycles. The number of aliphatic hydroxyl groups excluding tert-OH is 1. The summed E-state index contributed by atoms with van der Waals surface area (Å²) >= 11 is 0. The number of Topliss-reactive ketones (excluding diaryl/α,β-unsaturated/α-hetero) is 1. The number of esters is 1. The molecule has 0 amide bonds. The number of ether oxygens (including phenoxy) is 1. The van der Waals surface area contributed by atoms with E-state index in [1.54, 1.807) is 31.2 Å². The number of hydrogen-bond donors (Lipinski definition) is 2. The van der Waals surface area contributed by atoms with Gasteiger partial charge >= 0.3 is 5.97 Å². The molecule has 0 unspecified atom stereocenters. The Kier molecular flexibility index (Phi) is 12.9. The highest BCUT2D eigenvalue weighted by Gasteiger charge is 2.36. The highest BCUT2D eigenvalue weighted by Crippen LogP contribution is 2.39. The smallest absolute Gasteiger partial charge is 0.306 e. The predicted molar refractivity (Wildman–Crippen MR) is 170 cm³/mol. The summed E-state index contributed by atoms with van der Waals surface area (Å²) in [5, 5.41) is 10.9. The zero-order chi connectivity index (χ0) is 31.4. The van der Waals surface area contributed by atoms with Gasteiger partial charge in [-0.05, 0) is 55.2 Å². The lowest BCUT2D eigenvalue weighted by Gasteiger charge is -2.26. The number of allylic oxidation sites excluding steroid dienone is 7. The molecule has 1 aromatic rings. The van der Waals surface area contributed by atoms with Crippen LogP contribution in [0.4, 0.5) is 5.69 Å². The van der Waals surface area contributed by atoms with Crippen molar-refractivity contribution >= 4 is 38.8 Å². The first kappa shape index (κ1) is 34.0. The van der Waals surface area contributed by atoms with Gasteiger partial charge in [0.05, 0.1) is 29.9 Å². The van der Waals surface area contributed by atoms with E-state index in [9.17, 15) is 23.1 Å². The van der Waals surface area contributed by atoms with Gasteiger partial charge in [0, 0.05) is 43.8 Å². The zero-order valence-corrected chi connectivity index (χ0v) is 26.4. The van der Waals surface area contributed by atoms with Gasteiger partial charge in [0.25, 0.3) is 10.1 Å². The Labute approximate surface area is 255 Å². The van der Waals surface area contributed by atoms with Crippen molar-refractivity contribution in [2.24, 2.45) is 0 Å². The van der Waals surface area contributed by atoms with Crippen LogP contribution in [-0.2, 0) is 24.4 Å². The van der Waals surface area contributed by atoms with Crippen molar-refractivity contribution in [3.05, 3.63) is 71.0 Å². The van der Waals surface area contributed by atoms with Gasteiger partial charge in [-0.25, -0.2) is 4.58 Å². The van der Waals surface area contributed by atoms with E-state index in [1.165, 1.54) is 0 Å². The molecule has 0 aliphatic heterocycles. The molecule has 0 saturated carbocycles. The van der Waals surface area contributed by atoms with E-state index >= 15 is 0 Å². The minimum absolute atomic E-state index is 0.0289. The van der Waals surface area contributed by atoms with E-state index in [-0.39, 0.29) is 41.7 Å². The maximum Gasteiger partial charge on any atom is 0.306 e. The van der Waals surface area contributed by atoms with Gasteiger partial charge in [-0.15, -0.1) is 0 Å². The highest BCUT2D eigenvalue weighted by molar-refractivity contribution is 7.85. The molecular weight excluding hydrogens is 568 g/mol. The molecule has 0 saturated heterocycles. The average Bonchev–Trinajstić information content (AvgIpc) is 2.97. The number of carbonyl (C=O) groups is 2. The summed E-state index contributed by atoms with van der Waals surface area (Å²) in [6, 6.07) is 7.81. The lowest BCUT2D eigenvalue weighted by Crippen LogP contribution is -2.26. The Bertz CT molecular complexity index is 1390. The average molecular weight is 614 g/mol. The Hall–Kier alpha value is -3.50. The molecule has 0 atom stereocenters. The molecule has 2 N–H and O–H groups in total. The minimum atomic E-state index is -4.09. The number of unbranched alkanes of at least 4 members (excludes halogenated alkanes) is 2. The number of aliphatic hydroxyl groups is 1. The van der Waals surface area contributed by atoms with Crippen LogP contribution in [0.25, 0.3) is 5.57 Å². The normalized spacial score (nSPS) is 14.8. The van der Waals surface area contributed by atoms with Crippen LogP contribution in [0.3, 0.4) is 0 Å². The molecule has 43 heavy (non-hydrogen) atoms. The third-order valence-corrected chi connectivity index (χ3v) is 8.28. The Morgan fingerprint density at radius 2 is 1.49 bits per heavy atom. The van der Waals surface area contributed by atoms with Gasteiger partial charge in [-0.1, -0.05) is 38.8 Å². The maximum atomic E-state index is 13.2. The molecular formula is C33H45N2O7S+. The summed E-state index contributed by atoms with van der Waals surface area (Å²) in [4.78, 5) is 27.3. The molecule has 0 aromatic heterocycles. The highest BCUT2D eigenvalue weighted by atomic mass is 32.2. The van der Waals surface area contributed by atoms with Gasteiger partial charge in [0.2, 0.25) is 5.78 Å². The summed E-state index contributed by atoms with van der Waals surface area (Å²) in [7, 11) is -4.09. The standard InChI is InChI=1S/C33H44N2O7S/c1-4-7-20-34(21-8-5-2)27-16-12-25(13-17-27)30-32(37)31(33(30)38)26-14-18-28(19-15-26)35(23-10-24-43(39,40)41)22-9-11-29(36)42-6-3/h12-19H,4-11,20-24H2,1-3H3,(H-,37,38,39,40,41)/p+1. The largest absolute Gasteiger partial charge is 0.506 e. The number of ketones is 1. The molecule has 2 aliphatic rings. The number of rotatable bonds is 17. The molecule has 234 valence electrons. The molecule has 9 nitrogen and oxygen atoms in total. The maximum absolute atomic E-state index is 13.2. The van der Waals surface area contributed by atoms with E-state index in [0.717, 1.165) is 50.2 Å². The van der Waals surface area contributed by atoms with Crippen LogP contribution in [0.1, 0.15) is 71.3 Å². The second-order valence-corrected chi connectivity index (χ2v) is 12.3. The summed E-state index contributed by atoms with van der Waals surface area (Å²) < 4.78 is 38.4. The Morgan fingerprint density at radius 3 is 2.02 bits per heavy atom. The van der Waals surface area contributed by atoms with Crippen LogP contribution in [0, 0.1) is 0 Å². The Balaban J connectivity index is 1.78. The third-order valence-electron chi connectivity index (χ3n) is 7.48. The first-order valence-electron chi connectivity index (χ1n) is 15.3. The van der Waals surface area contributed by atoms with Gasteiger partial charge in [-0.3, -0.25) is 14.1 Å². The van der Waals surface area contributed by atoms with Gasteiger partial charge < -0.3 is 14.7 Å². The predicted octanol–water partition coefficient (Wildman–Crippen LogP) is 5.44. The van der Waals surface area contributed by atoms with Crippen LogP contribution in [0.2, 0.25) is 0 Å². The molecule has 0 radical (unpaired) electrons. The van der Waals surface area contributed by atoms with Crippen molar-refractivity contribution < 1.29 is 37.0 Å². The van der Waals surface area contributed by atoms with Crippen molar-refractivity contribution in [3.63, 3.8) is 0 Å². The minimum Gasteiger partial charge on any atom is -0.506 e.